The summed E-state index contributed by atoms with van der Waals surface area (Å²) in [5.41, 5.74) is -1.04. The number of rotatable bonds is 5. The lowest BCUT2D eigenvalue weighted by Crippen LogP contribution is -2.63. The molecule has 1 unspecified atom stereocenters. The Balaban J connectivity index is 1.43. The summed E-state index contributed by atoms with van der Waals surface area (Å²) in [5, 5.41) is 24.3. The summed E-state index contributed by atoms with van der Waals surface area (Å²) in [6.07, 6.45) is -1.17. The van der Waals surface area contributed by atoms with Crippen molar-refractivity contribution in [1.29, 1.82) is 0 Å². The zero-order valence-electron chi connectivity index (χ0n) is 23.9. The fourth-order valence-electron chi connectivity index (χ4n) is 7.15. The highest BCUT2D eigenvalue weighted by atomic mass is 35.5. The molecule has 1 saturated carbocycles. The van der Waals surface area contributed by atoms with Crippen LogP contribution in [-0.2, 0) is 27.8 Å². The van der Waals surface area contributed by atoms with E-state index in [4.69, 9.17) is 11.6 Å². The molecule has 1 aromatic heterocycles. The van der Waals surface area contributed by atoms with E-state index in [1.54, 1.807) is 11.8 Å². The third-order valence-corrected chi connectivity index (χ3v) is 9.98. The molecule has 1 aromatic carbocycles. The maximum Gasteiger partial charge on any atom is 0.398 e. The minimum atomic E-state index is -4.57. The SMILES string of the molecule is C[C@H]1C=C(c2nn(C(=O)c3c(Cl)cccc3C3(C(F)(F)F)CC3)c3c2CCC(C(=O)N2CC(C)(O)C2)C3)CC[C@H]1C(=O)O. The molecule has 6 rings (SSSR count). The van der Waals surface area contributed by atoms with Gasteiger partial charge in [-0.1, -0.05) is 36.7 Å². The molecule has 0 bridgehead atoms. The third kappa shape index (κ3) is 4.98. The quantitative estimate of drug-likeness (QED) is 0.486. The minimum absolute atomic E-state index is 0.107. The summed E-state index contributed by atoms with van der Waals surface area (Å²) in [4.78, 5) is 40.8. The Morgan fingerprint density at radius 1 is 1.12 bits per heavy atom. The molecule has 12 heteroatoms. The van der Waals surface area contributed by atoms with Crippen molar-refractivity contribution < 1.29 is 37.8 Å². The molecule has 3 atom stereocenters. The number of carboxylic acid groups (broad SMARTS) is 1. The zero-order valence-corrected chi connectivity index (χ0v) is 24.6. The van der Waals surface area contributed by atoms with E-state index in [0.717, 1.165) is 15.8 Å². The van der Waals surface area contributed by atoms with Gasteiger partial charge < -0.3 is 15.1 Å². The number of carboxylic acids is 1. The summed E-state index contributed by atoms with van der Waals surface area (Å²) in [7, 11) is 0. The topological polar surface area (TPSA) is 113 Å². The summed E-state index contributed by atoms with van der Waals surface area (Å²) >= 11 is 6.45. The number of aliphatic carboxylic acids is 1. The summed E-state index contributed by atoms with van der Waals surface area (Å²) < 4.78 is 43.8. The van der Waals surface area contributed by atoms with Crippen LogP contribution >= 0.6 is 11.6 Å². The van der Waals surface area contributed by atoms with Crippen molar-refractivity contribution in [3.63, 3.8) is 0 Å². The van der Waals surface area contributed by atoms with Gasteiger partial charge in [-0.3, -0.25) is 14.4 Å². The second kappa shape index (κ2) is 10.2. The Morgan fingerprint density at radius 3 is 2.40 bits per heavy atom. The number of halogens is 4. The van der Waals surface area contributed by atoms with Crippen LogP contribution in [-0.4, -0.2) is 67.5 Å². The first-order chi connectivity index (χ1) is 20.1. The predicted octanol–water partition coefficient (Wildman–Crippen LogP) is 5.03. The van der Waals surface area contributed by atoms with E-state index in [9.17, 15) is 37.8 Å². The third-order valence-electron chi connectivity index (χ3n) is 9.67. The van der Waals surface area contributed by atoms with Gasteiger partial charge in [-0.15, -0.1) is 0 Å². The first-order valence-electron chi connectivity index (χ1n) is 14.6. The number of β-amino-alcohol motifs (C(OH)–C–C–N with tert-alkyl or cyclic N) is 1. The van der Waals surface area contributed by atoms with Crippen LogP contribution < -0.4 is 0 Å². The smallest absolute Gasteiger partial charge is 0.398 e. The second-order valence-electron chi connectivity index (χ2n) is 12.9. The molecular weight excluding hydrogens is 587 g/mol. The number of aromatic nitrogens is 2. The van der Waals surface area contributed by atoms with Gasteiger partial charge >= 0.3 is 12.1 Å². The molecule has 2 aromatic rings. The van der Waals surface area contributed by atoms with Gasteiger partial charge in [0.05, 0.1) is 52.0 Å². The molecule has 2 N–H and O–H groups in total. The van der Waals surface area contributed by atoms with Crippen LogP contribution in [0.5, 0.6) is 0 Å². The summed E-state index contributed by atoms with van der Waals surface area (Å²) in [5.74, 6) is -3.16. The first-order valence-corrected chi connectivity index (χ1v) is 15.0. The minimum Gasteiger partial charge on any atom is -0.481 e. The number of likely N-dealkylation sites (tertiary alicyclic amines) is 1. The van der Waals surface area contributed by atoms with Gasteiger partial charge in [0, 0.05) is 17.9 Å². The Hall–Kier alpha value is -3.18. The Labute approximate surface area is 251 Å². The van der Waals surface area contributed by atoms with Crippen molar-refractivity contribution in [2.24, 2.45) is 17.8 Å². The van der Waals surface area contributed by atoms with Gasteiger partial charge in [-0.05, 0) is 68.6 Å². The van der Waals surface area contributed by atoms with Crippen molar-refractivity contribution >= 4 is 35.0 Å². The molecule has 1 aliphatic heterocycles. The van der Waals surface area contributed by atoms with E-state index in [0.29, 0.717) is 37.1 Å². The number of carbonyl (C=O) groups is 3. The van der Waals surface area contributed by atoms with Crippen molar-refractivity contribution in [2.45, 2.75) is 76.0 Å². The lowest BCUT2D eigenvalue weighted by Gasteiger charge is -2.45. The number of hydrogen-bond acceptors (Lipinski definition) is 5. The van der Waals surface area contributed by atoms with Gasteiger partial charge in [0.1, 0.15) is 0 Å². The molecular formula is C31H33ClF3N3O5. The van der Waals surface area contributed by atoms with Gasteiger partial charge in [0.2, 0.25) is 5.91 Å². The molecule has 230 valence electrons. The monoisotopic (exact) mass is 619 g/mol. The van der Waals surface area contributed by atoms with E-state index in [1.165, 1.54) is 18.2 Å². The number of hydrogen-bond donors (Lipinski definition) is 2. The average molecular weight is 620 g/mol. The number of alkyl halides is 3. The largest absolute Gasteiger partial charge is 0.481 e. The molecule has 1 amide bonds. The molecule has 0 spiro atoms. The fraction of sp³-hybridized carbons (Fsp3) is 0.548. The number of allylic oxidation sites excluding steroid dienone is 2. The van der Waals surface area contributed by atoms with E-state index < -0.39 is 40.9 Å². The van der Waals surface area contributed by atoms with E-state index in [1.807, 2.05) is 13.0 Å². The van der Waals surface area contributed by atoms with Crippen molar-refractivity contribution in [3.05, 3.63) is 57.4 Å². The number of benzene rings is 1. The van der Waals surface area contributed by atoms with Crippen molar-refractivity contribution in [1.82, 2.24) is 14.7 Å². The van der Waals surface area contributed by atoms with Gasteiger partial charge in [-0.2, -0.15) is 23.0 Å². The fourth-order valence-corrected chi connectivity index (χ4v) is 7.41. The van der Waals surface area contributed by atoms with Crippen LogP contribution in [0, 0.1) is 17.8 Å². The Morgan fingerprint density at radius 2 is 1.81 bits per heavy atom. The number of amides is 1. The summed E-state index contributed by atoms with van der Waals surface area (Å²) in [6, 6.07) is 4.10. The average Bonchev–Trinajstić information content (AvgIpc) is 3.66. The Bertz CT molecular complexity index is 1550. The maximum absolute atomic E-state index is 14.2. The van der Waals surface area contributed by atoms with Crippen LogP contribution in [0.3, 0.4) is 0 Å². The summed E-state index contributed by atoms with van der Waals surface area (Å²) in [6.45, 7) is 3.87. The highest BCUT2D eigenvalue weighted by Crippen LogP contribution is 2.60. The van der Waals surface area contributed by atoms with Crippen LogP contribution in [0.15, 0.2) is 24.3 Å². The normalized spacial score (nSPS) is 25.8. The molecule has 4 aliphatic rings. The van der Waals surface area contributed by atoms with Crippen LogP contribution in [0.2, 0.25) is 5.02 Å². The standard InChI is InChI=1S/C31H33ClF3N3O5/c1-16-12-17(6-8-19(16)28(41)42)25-20-9-7-18(26(39)37-14-29(2,43)15-37)13-23(20)38(36-25)27(40)24-21(4-3-5-22(24)32)30(10-11-30)31(33,34)35/h3-5,12,16,18-19,43H,6-11,13-15H2,1-2H3,(H,41,42)/t16-,18?,19+/m0/s1. The second-order valence-corrected chi connectivity index (χ2v) is 13.3. The molecule has 8 nitrogen and oxygen atoms in total. The van der Waals surface area contributed by atoms with Crippen LogP contribution in [0.1, 0.15) is 78.8 Å². The highest BCUT2D eigenvalue weighted by molar-refractivity contribution is 6.34. The first kappa shape index (κ1) is 29.9. The van der Waals surface area contributed by atoms with Gasteiger partial charge in [0.15, 0.2) is 0 Å². The van der Waals surface area contributed by atoms with E-state index in [-0.39, 0.29) is 60.3 Å². The van der Waals surface area contributed by atoms with Gasteiger partial charge in [0.25, 0.3) is 5.91 Å². The predicted molar refractivity (Wildman–Crippen MR) is 151 cm³/mol. The lowest BCUT2D eigenvalue weighted by atomic mass is 9.78. The van der Waals surface area contributed by atoms with Crippen molar-refractivity contribution in [3.8, 4) is 0 Å². The zero-order chi connectivity index (χ0) is 31.1. The molecule has 0 radical (unpaired) electrons. The number of carbonyl (C=O) groups excluding carboxylic acids is 2. The van der Waals surface area contributed by atoms with Crippen LogP contribution in [0.25, 0.3) is 5.57 Å². The Kier molecular flexibility index (Phi) is 7.08. The van der Waals surface area contributed by atoms with Gasteiger partial charge in [-0.25, -0.2) is 0 Å². The molecule has 43 heavy (non-hydrogen) atoms. The van der Waals surface area contributed by atoms with E-state index in [2.05, 4.69) is 5.10 Å². The number of aliphatic hydroxyl groups is 1. The lowest BCUT2D eigenvalue weighted by molar-refractivity contribution is -0.160. The van der Waals surface area contributed by atoms with Crippen molar-refractivity contribution in [2.75, 3.05) is 13.1 Å². The van der Waals surface area contributed by atoms with E-state index >= 15 is 0 Å². The highest BCUT2D eigenvalue weighted by Gasteiger charge is 2.65. The molecule has 2 fully saturated rings. The molecule has 2 heterocycles. The number of nitrogens with zero attached hydrogens (tertiary/aromatic N) is 3. The van der Waals surface area contributed by atoms with Crippen LogP contribution in [0.4, 0.5) is 13.2 Å². The molecule has 1 saturated heterocycles. The number of fused-ring (bicyclic) bond motifs is 1. The molecule has 3 aliphatic carbocycles. The maximum atomic E-state index is 14.2.